The fourth-order valence-corrected chi connectivity index (χ4v) is 2.81. The molecule has 0 aliphatic rings. The molecule has 0 heterocycles. The van der Waals surface area contributed by atoms with Crippen LogP contribution >= 0.6 is 23.2 Å². The predicted octanol–water partition coefficient (Wildman–Crippen LogP) is 2.87. The van der Waals surface area contributed by atoms with Crippen molar-refractivity contribution >= 4 is 38.9 Å². The van der Waals surface area contributed by atoms with Crippen molar-refractivity contribution in [2.24, 2.45) is 0 Å². The maximum absolute atomic E-state index is 13.2. The molecule has 1 aromatic rings. The number of nitrogens with one attached hydrogen (secondary N) is 2. The minimum absolute atomic E-state index is 0.139. The maximum atomic E-state index is 13.2. The number of benzene rings is 1. The normalized spacial score (nSPS) is 13.3. The molecule has 1 aromatic carbocycles. The van der Waals surface area contributed by atoms with Gasteiger partial charge in [-0.25, -0.2) is 12.8 Å². The van der Waals surface area contributed by atoms with Gasteiger partial charge in [0.25, 0.3) is 0 Å². The molecule has 0 aliphatic heterocycles. The Labute approximate surface area is 122 Å². The molecule has 0 radical (unpaired) electrons. The first-order valence-electron chi connectivity index (χ1n) is 5.64. The van der Waals surface area contributed by atoms with Crippen molar-refractivity contribution in [3.63, 3.8) is 0 Å². The summed E-state index contributed by atoms with van der Waals surface area (Å²) in [5.74, 6) is -0.771. The first-order valence-corrected chi connectivity index (χ1v) is 7.95. The van der Waals surface area contributed by atoms with Crippen LogP contribution in [-0.4, -0.2) is 26.8 Å². The summed E-state index contributed by atoms with van der Waals surface area (Å²) in [6, 6.07) is 2.36. The molecule has 0 bridgehead atoms. The fourth-order valence-electron chi connectivity index (χ4n) is 1.34. The Morgan fingerprint density at radius 1 is 1.32 bits per heavy atom. The second-order valence-corrected chi connectivity index (χ2v) is 6.93. The summed E-state index contributed by atoms with van der Waals surface area (Å²) in [6.07, 6.45) is 0. The molecule has 0 amide bonds. The molecule has 8 heteroatoms. The fraction of sp³-hybridized carbons (Fsp3) is 0.455. The largest absolute Gasteiger partial charge is 0.316 e. The highest BCUT2D eigenvalue weighted by molar-refractivity contribution is 7.93. The Morgan fingerprint density at radius 2 is 1.84 bits per heavy atom. The lowest BCUT2D eigenvalue weighted by atomic mass is 10.3. The summed E-state index contributed by atoms with van der Waals surface area (Å²) in [4.78, 5) is 0. The Kier molecular flexibility index (Phi) is 5.85. The van der Waals surface area contributed by atoms with Crippen LogP contribution in [0, 0.1) is 5.82 Å². The molecule has 19 heavy (non-hydrogen) atoms. The van der Waals surface area contributed by atoms with Crippen molar-refractivity contribution in [2.45, 2.75) is 19.1 Å². The zero-order valence-electron chi connectivity index (χ0n) is 10.5. The average molecular weight is 329 g/mol. The van der Waals surface area contributed by atoms with Gasteiger partial charge < -0.3 is 5.32 Å². The molecule has 1 unspecified atom stereocenters. The number of anilines is 1. The van der Waals surface area contributed by atoms with Crippen LogP contribution in [0.3, 0.4) is 0 Å². The number of halogens is 3. The number of hydrogen-bond donors (Lipinski definition) is 2. The van der Waals surface area contributed by atoms with Crippen LogP contribution in [0.2, 0.25) is 10.0 Å². The van der Waals surface area contributed by atoms with Crippen molar-refractivity contribution in [3.8, 4) is 0 Å². The minimum Gasteiger partial charge on any atom is -0.316 e. The molecule has 1 rings (SSSR count). The standard InChI is InChI=1S/C11H15Cl2FN2O2S/c1-3-15-6-7(2)19(17,18)16-8-4-9(12)11(14)10(13)5-8/h4-5,7,15-16H,3,6H2,1-2H3. The van der Waals surface area contributed by atoms with Crippen molar-refractivity contribution in [3.05, 3.63) is 28.0 Å². The van der Waals surface area contributed by atoms with Gasteiger partial charge in [0.1, 0.15) is 0 Å². The third-order valence-corrected chi connectivity index (χ3v) is 4.75. The summed E-state index contributed by atoms with van der Waals surface area (Å²) in [5.41, 5.74) is 0.139. The van der Waals surface area contributed by atoms with Crippen LogP contribution < -0.4 is 10.0 Å². The number of rotatable bonds is 6. The molecule has 0 aliphatic carbocycles. The van der Waals surface area contributed by atoms with E-state index < -0.39 is 21.1 Å². The minimum atomic E-state index is -3.58. The smallest absolute Gasteiger partial charge is 0.236 e. The Morgan fingerprint density at radius 3 is 2.32 bits per heavy atom. The lowest BCUT2D eigenvalue weighted by Crippen LogP contribution is -2.34. The molecule has 108 valence electrons. The second kappa shape index (κ2) is 6.74. The topological polar surface area (TPSA) is 58.2 Å². The van der Waals surface area contributed by atoms with E-state index in [0.29, 0.717) is 13.1 Å². The average Bonchev–Trinajstić information content (AvgIpc) is 2.32. The third kappa shape index (κ3) is 4.49. The van der Waals surface area contributed by atoms with Crippen LogP contribution in [0.25, 0.3) is 0 Å². The van der Waals surface area contributed by atoms with E-state index in [9.17, 15) is 12.8 Å². The molecular formula is C11H15Cl2FN2O2S. The van der Waals surface area contributed by atoms with Gasteiger partial charge in [-0.15, -0.1) is 0 Å². The molecule has 4 nitrogen and oxygen atoms in total. The molecule has 1 atom stereocenters. The summed E-state index contributed by atoms with van der Waals surface area (Å²) < 4.78 is 39.5. The Balaban J connectivity index is 2.89. The van der Waals surface area contributed by atoms with Crippen LogP contribution in [-0.2, 0) is 10.0 Å². The van der Waals surface area contributed by atoms with Gasteiger partial charge in [0.05, 0.1) is 21.0 Å². The van der Waals surface area contributed by atoms with E-state index in [1.165, 1.54) is 12.1 Å². The van der Waals surface area contributed by atoms with Crippen LogP contribution in [0.1, 0.15) is 13.8 Å². The van der Waals surface area contributed by atoms with Gasteiger partial charge in [0.2, 0.25) is 10.0 Å². The zero-order valence-corrected chi connectivity index (χ0v) is 12.8. The lowest BCUT2D eigenvalue weighted by Gasteiger charge is -2.15. The van der Waals surface area contributed by atoms with Crippen LogP contribution in [0.15, 0.2) is 12.1 Å². The van der Waals surface area contributed by atoms with E-state index in [1.54, 1.807) is 6.92 Å². The summed E-state index contributed by atoms with van der Waals surface area (Å²) in [7, 11) is -3.58. The molecule has 2 N–H and O–H groups in total. The molecule has 0 saturated carbocycles. The van der Waals surface area contributed by atoms with Crippen molar-refractivity contribution in [2.75, 3.05) is 17.8 Å². The van der Waals surface area contributed by atoms with Crippen molar-refractivity contribution in [1.29, 1.82) is 0 Å². The highest BCUT2D eigenvalue weighted by atomic mass is 35.5. The van der Waals surface area contributed by atoms with Gasteiger partial charge in [-0.2, -0.15) is 0 Å². The molecular weight excluding hydrogens is 314 g/mol. The van der Waals surface area contributed by atoms with E-state index in [4.69, 9.17) is 23.2 Å². The molecule has 0 fully saturated rings. The van der Waals surface area contributed by atoms with Gasteiger partial charge in [-0.3, -0.25) is 4.72 Å². The van der Waals surface area contributed by atoms with Gasteiger partial charge in [-0.1, -0.05) is 30.1 Å². The Bertz CT molecular complexity index is 529. The number of hydrogen-bond acceptors (Lipinski definition) is 3. The lowest BCUT2D eigenvalue weighted by molar-refractivity contribution is 0.579. The van der Waals surface area contributed by atoms with Crippen molar-refractivity contribution < 1.29 is 12.8 Å². The maximum Gasteiger partial charge on any atom is 0.236 e. The zero-order chi connectivity index (χ0) is 14.6. The quantitative estimate of drug-likeness (QED) is 0.789. The SMILES string of the molecule is CCNCC(C)S(=O)(=O)Nc1cc(Cl)c(F)c(Cl)c1. The molecule has 0 spiro atoms. The van der Waals surface area contributed by atoms with E-state index >= 15 is 0 Å². The van der Waals surface area contributed by atoms with E-state index in [-0.39, 0.29) is 15.7 Å². The monoisotopic (exact) mass is 328 g/mol. The second-order valence-electron chi connectivity index (χ2n) is 4.02. The van der Waals surface area contributed by atoms with E-state index in [1.807, 2.05) is 6.92 Å². The third-order valence-electron chi connectivity index (χ3n) is 2.46. The van der Waals surface area contributed by atoms with Gasteiger partial charge in [0, 0.05) is 6.54 Å². The van der Waals surface area contributed by atoms with Gasteiger partial charge >= 0.3 is 0 Å². The molecule has 0 aromatic heterocycles. The summed E-state index contributed by atoms with van der Waals surface area (Å²) in [5, 5.41) is 1.83. The first-order chi connectivity index (χ1) is 8.77. The Hall–Kier alpha value is -0.560. The van der Waals surface area contributed by atoms with Gasteiger partial charge in [-0.05, 0) is 25.6 Å². The summed E-state index contributed by atoms with van der Waals surface area (Å²) >= 11 is 11.2. The van der Waals surface area contributed by atoms with Crippen LogP contribution in [0.5, 0.6) is 0 Å². The first kappa shape index (κ1) is 16.5. The highest BCUT2D eigenvalue weighted by Gasteiger charge is 2.21. The summed E-state index contributed by atoms with van der Waals surface area (Å²) in [6.45, 7) is 4.44. The van der Waals surface area contributed by atoms with E-state index in [2.05, 4.69) is 10.0 Å². The van der Waals surface area contributed by atoms with Crippen LogP contribution in [0.4, 0.5) is 10.1 Å². The van der Waals surface area contributed by atoms with E-state index in [0.717, 1.165) is 0 Å². The van der Waals surface area contributed by atoms with Gasteiger partial charge in [0.15, 0.2) is 5.82 Å². The highest BCUT2D eigenvalue weighted by Crippen LogP contribution is 2.28. The number of sulfonamides is 1. The molecule has 0 saturated heterocycles. The van der Waals surface area contributed by atoms with Crippen molar-refractivity contribution in [1.82, 2.24) is 5.32 Å². The predicted molar refractivity (Wildman–Crippen MR) is 77.0 cm³/mol.